The lowest BCUT2D eigenvalue weighted by Gasteiger charge is -2.26. The molecule has 0 spiro atoms. The van der Waals surface area contributed by atoms with Crippen LogP contribution in [0.25, 0.3) is 0 Å². The van der Waals surface area contributed by atoms with Gasteiger partial charge in [-0.2, -0.15) is 9.57 Å². The van der Waals surface area contributed by atoms with Gasteiger partial charge in [0.1, 0.15) is 0 Å². The Bertz CT molecular complexity index is 916. The molecule has 0 radical (unpaired) electrons. The first kappa shape index (κ1) is 19.5. The fourth-order valence-corrected chi connectivity index (χ4v) is 4.64. The molecule has 0 amide bonds. The zero-order chi connectivity index (χ0) is 19.1. The Balaban J connectivity index is 1.64. The maximum atomic E-state index is 12.7. The summed E-state index contributed by atoms with van der Waals surface area (Å²) in [7, 11) is -3.36. The summed E-state index contributed by atoms with van der Waals surface area (Å²) in [5.41, 5.74) is 3.42. The lowest BCUT2D eigenvalue weighted by Crippen LogP contribution is -2.41. The van der Waals surface area contributed by atoms with E-state index >= 15 is 0 Å². The first-order chi connectivity index (χ1) is 13.1. The minimum atomic E-state index is -3.36. The number of nitrogens with zero attached hydrogens (tertiary/aromatic N) is 2. The highest BCUT2D eigenvalue weighted by Crippen LogP contribution is 2.17. The highest BCUT2D eigenvalue weighted by atomic mass is 32.2. The summed E-state index contributed by atoms with van der Waals surface area (Å²) >= 11 is 0. The second-order valence-electron chi connectivity index (χ2n) is 6.45. The van der Waals surface area contributed by atoms with E-state index in [1.807, 2.05) is 42.5 Å². The zero-order valence-electron chi connectivity index (χ0n) is 15.1. The van der Waals surface area contributed by atoms with Crippen LogP contribution in [0.2, 0.25) is 0 Å². The molecule has 142 valence electrons. The molecule has 2 aromatic rings. The van der Waals surface area contributed by atoms with Crippen molar-refractivity contribution in [3.05, 3.63) is 70.8 Å². The average Bonchev–Trinajstić information content (AvgIpc) is 2.70. The van der Waals surface area contributed by atoms with Crippen LogP contribution in [0.4, 0.5) is 0 Å². The van der Waals surface area contributed by atoms with Crippen LogP contribution in [0.1, 0.15) is 22.3 Å². The van der Waals surface area contributed by atoms with Gasteiger partial charge in [-0.3, -0.25) is 0 Å². The minimum absolute atomic E-state index is 0.00519. The van der Waals surface area contributed by atoms with Crippen molar-refractivity contribution < 1.29 is 13.2 Å². The Hall–Kier alpha value is -2.24. The van der Waals surface area contributed by atoms with Crippen LogP contribution in [0.5, 0.6) is 0 Å². The number of benzene rings is 2. The van der Waals surface area contributed by atoms with Crippen molar-refractivity contribution in [2.75, 3.05) is 26.3 Å². The summed E-state index contributed by atoms with van der Waals surface area (Å²) in [5, 5.41) is 12.3. The summed E-state index contributed by atoms with van der Waals surface area (Å²) in [6.45, 7) is 2.90. The molecule has 6 nitrogen and oxygen atoms in total. The molecule has 0 atom stereocenters. The predicted octanol–water partition coefficient (Wildman–Crippen LogP) is 2.01. The van der Waals surface area contributed by atoms with E-state index in [4.69, 9.17) is 10.00 Å². The van der Waals surface area contributed by atoms with E-state index in [0.29, 0.717) is 45.0 Å². The molecule has 27 heavy (non-hydrogen) atoms. The highest BCUT2D eigenvalue weighted by molar-refractivity contribution is 7.88. The molecule has 1 saturated heterocycles. The van der Waals surface area contributed by atoms with E-state index in [2.05, 4.69) is 11.4 Å². The third-order valence-electron chi connectivity index (χ3n) is 4.52. The van der Waals surface area contributed by atoms with Gasteiger partial charge in [0, 0.05) is 26.2 Å². The second kappa shape index (κ2) is 9.11. The van der Waals surface area contributed by atoms with Crippen molar-refractivity contribution in [1.29, 1.82) is 5.26 Å². The van der Waals surface area contributed by atoms with Gasteiger partial charge in [-0.15, -0.1) is 0 Å². The zero-order valence-corrected chi connectivity index (χ0v) is 15.9. The first-order valence-electron chi connectivity index (χ1n) is 8.90. The number of hydrogen-bond acceptors (Lipinski definition) is 5. The number of nitrogens with one attached hydrogen (secondary N) is 1. The first-order valence-corrected chi connectivity index (χ1v) is 10.5. The molecule has 0 unspecified atom stereocenters. The van der Waals surface area contributed by atoms with Crippen molar-refractivity contribution >= 4 is 10.0 Å². The van der Waals surface area contributed by atoms with E-state index < -0.39 is 10.0 Å². The predicted molar refractivity (Wildman–Crippen MR) is 103 cm³/mol. The third-order valence-corrected chi connectivity index (χ3v) is 6.35. The molecule has 1 aliphatic rings. The second-order valence-corrected chi connectivity index (χ2v) is 8.42. The fourth-order valence-electron chi connectivity index (χ4n) is 3.08. The van der Waals surface area contributed by atoms with Crippen LogP contribution in [-0.2, 0) is 33.6 Å². The summed E-state index contributed by atoms with van der Waals surface area (Å²) in [6.07, 6.45) is 0. The van der Waals surface area contributed by atoms with Gasteiger partial charge in [0.15, 0.2) is 0 Å². The van der Waals surface area contributed by atoms with E-state index in [1.54, 1.807) is 6.07 Å². The van der Waals surface area contributed by atoms with Crippen molar-refractivity contribution in [2.45, 2.75) is 18.8 Å². The number of ether oxygens (including phenoxy) is 1. The molecule has 0 bridgehead atoms. The fraction of sp³-hybridized carbons (Fsp3) is 0.350. The topological polar surface area (TPSA) is 82.4 Å². The van der Waals surface area contributed by atoms with E-state index in [0.717, 1.165) is 16.7 Å². The van der Waals surface area contributed by atoms with Crippen LogP contribution >= 0.6 is 0 Å². The molecular formula is C20H23N3O3S. The van der Waals surface area contributed by atoms with Gasteiger partial charge in [-0.05, 0) is 28.8 Å². The Morgan fingerprint density at radius 1 is 1.04 bits per heavy atom. The molecule has 7 heteroatoms. The molecule has 0 aromatic heterocycles. The molecule has 1 fully saturated rings. The average molecular weight is 385 g/mol. The SMILES string of the molecule is N#Cc1cccc(CNCc2ccccc2CS(=O)(=O)N2CCOCC2)c1. The Labute approximate surface area is 160 Å². The summed E-state index contributed by atoms with van der Waals surface area (Å²) in [5.74, 6) is -0.00519. The van der Waals surface area contributed by atoms with Crippen LogP contribution in [0, 0.1) is 11.3 Å². The summed E-state index contributed by atoms with van der Waals surface area (Å²) < 4.78 is 32.1. The van der Waals surface area contributed by atoms with Gasteiger partial charge < -0.3 is 10.1 Å². The Morgan fingerprint density at radius 3 is 2.52 bits per heavy atom. The van der Waals surface area contributed by atoms with Crippen LogP contribution < -0.4 is 5.32 Å². The number of rotatable bonds is 7. The summed E-state index contributed by atoms with van der Waals surface area (Å²) in [6, 6.07) is 17.2. The quantitative estimate of drug-likeness (QED) is 0.788. The van der Waals surface area contributed by atoms with E-state index in [9.17, 15) is 8.42 Å². The molecule has 0 aliphatic carbocycles. The molecule has 0 saturated carbocycles. The van der Waals surface area contributed by atoms with Gasteiger partial charge >= 0.3 is 0 Å². The molecular weight excluding hydrogens is 362 g/mol. The molecule has 2 aromatic carbocycles. The lowest BCUT2D eigenvalue weighted by molar-refractivity contribution is 0.0729. The van der Waals surface area contributed by atoms with Gasteiger partial charge in [-0.25, -0.2) is 8.42 Å². The normalized spacial score (nSPS) is 15.4. The largest absolute Gasteiger partial charge is 0.379 e. The van der Waals surface area contributed by atoms with Crippen LogP contribution in [0.3, 0.4) is 0 Å². The van der Waals surface area contributed by atoms with Crippen molar-refractivity contribution in [2.24, 2.45) is 0 Å². The van der Waals surface area contributed by atoms with Gasteiger partial charge in [-0.1, -0.05) is 36.4 Å². The number of morpholine rings is 1. The van der Waals surface area contributed by atoms with Gasteiger partial charge in [0.2, 0.25) is 10.0 Å². The molecule has 1 aliphatic heterocycles. The van der Waals surface area contributed by atoms with Gasteiger partial charge in [0.25, 0.3) is 0 Å². The summed E-state index contributed by atoms with van der Waals surface area (Å²) in [4.78, 5) is 0. The Kier molecular flexibility index (Phi) is 6.58. The highest BCUT2D eigenvalue weighted by Gasteiger charge is 2.25. The molecule has 1 N–H and O–H groups in total. The third kappa shape index (κ3) is 5.37. The number of nitriles is 1. The van der Waals surface area contributed by atoms with Crippen molar-refractivity contribution in [1.82, 2.24) is 9.62 Å². The van der Waals surface area contributed by atoms with E-state index in [1.165, 1.54) is 4.31 Å². The Morgan fingerprint density at radius 2 is 1.78 bits per heavy atom. The maximum Gasteiger partial charge on any atom is 0.218 e. The van der Waals surface area contributed by atoms with Crippen molar-refractivity contribution in [3.8, 4) is 6.07 Å². The van der Waals surface area contributed by atoms with Gasteiger partial charge in [0.05, 0.1) is 30.6 Å². The maximum absolute atomic E-state index is 12.7. The van der Waals surface area contributed by atoms with Crippen LogP contribution in [0.15, 0.2) is 48.5 Å². The smallest absolute Gasteiger partial charge is 0.218 e. The number of hydrogen-bond donors (Lipinski definition) is 1. The monoisotopic (exact) mass is 385 g/mol. The standard InChI is InChI=1S/C20H23N3O3S/c21-13-17-4-3-5-18(12-17)14-22-15-19-6-1-2-7-20(19)16-27(24,25)23-8-10-26-11-9-23/h1-7,12,22H,8-11,14-16H2. The number of sulfonamides is 1. The van der Waals surface area contributed by atoms with Crippen molar-refractivity contribution in [3.63, 3.8) is 0 Å². The molecule has 3 rings (SSSR count). The van der Waals surface area contributed by atoms with Crippen LogP contribution in [-0.4, -0.2) is 39.0 Å². The molecule has 1 heterocycles. The minimum Gasteiger partial charge on any atom is -0.379 e. The lowest BCUT2D eigenvalue weighted by atomic mass is 10.1. The van der Waals surface area contributed by atoms with E-state index in [-0.39, 0.29) is 5.75 Å².